The minimum absolute atomic E-state index is 0.0780. The second-order valence-corrected chi connectivity index (χ2v) is 7.70. The molecular formula is C22H24ClN5O4. The molecule has 3 aromatic rings. The Hall–Kier alpha value is -3.59. The van der Waals surface area contributed by atoms with Crippen LogP contribution in [0.25, 0.3) is 11.4 Å². The van der Waals surface area contributed by atoms with E-state index in [4.69, 9.17) is 21.1 Å². The quantitative estimate of drug-likeness (QED) is 0.476. The Kier molecular flexibility index (Phi) is 7.32. The van der Waals surface area contributed by atoms with Gasteiger partial charge in [0.2, 0.25) is 11.9 Å². The van der Waals surface area contributed by atoms with E-state index in [1.165, 1.54) is 7.11 Å². The highest BCUT2D eigenvalue weighted by atomic mass is 35.5. The third kappa shape index (κ3) is 5.36. The van der Waals surface area contributed by atoms with Crippen LogP contribution in [0.2, 0.25) is 5.02 Å². The summed E-state index contributed by atoms with van der Waals surface area (Å²) in [6.45, 7) is 3.66. The molecular weight excluding hydrogens is 434 g/mol. The number of amides is 2. The molecule has 0 fully saturated rings. The molecule has 0 aliphatic rings. The van der Waals surface area contributed by atoms with Gasteiger partial charge in [-0.15, -0.1) is 5.10 Å². The molecule has 1 aromatic heterocycles. The van der Waals surface area contributed by atoms with Gasteiger partial charge in [0.25, 0.3) is 5.91 Å². The Morgan fingerprint density at radius 2 is 1.78 bits per heavy atom. The summed E-state index contributed by atoms with van der Waals surface area (Å²) in [6, 6.07) is 10.9. The molecule has 3 rings (SSSR count). The molecule has 32 heavy (non-hydrogen) atoms. The van der Waals surface area contributed by atoms with E-state index in [-0.39, 0.29) is 17.8 Å². The van der Waals surface area contributed by atoms with E-state index in [1.807, 2.05) is 13.8 Å². The van der Waals surface area contributed by atoms with Crippen LogP contribution in [0.15, 0.2) is 42.5 Å². The van der Waals surface area contributed by atoms with Crippen LogP contribution < -0.4 is 20.1 Å². The first-order valence-corrected chi connectivity index (χ1v) is 10.2. The van der Waals surface area contributed by atoms with Crippen molar-refractivity contribution in [2.75, 3.05) is 19.5 Å². The number of H-pyrrole nitrogens is 1. The summed E-state index contributed by atoms with van der Waals surface area (Å²) in [5.41, 5.74) is 1.05. The van der Waals surface area contributed by atoms with E-state index in [0.717, 1.165) is 0 Å². The van der Waals surface area contributed by atoms with Gasteiger partial charge in [0, 0.05) is 16.7 Å². The number of methoxy groups -OCH3 is 2. The summed E-state index contributed by atoms with van der Waals surface area (Å²) in [4.78, 5) is 29.7. The van der Waals surface area contributed by atoms with Crippen molar-refractivity contribution in [3.05, 3.63) is 53.1 Å². The average Bonchev–Trinajstić information content (AvgIpc) is 3.25. The first-order valence-electron chi connectivity index (χ1n) is 9.84. The third-order valence-electron chi connectivity index (χ3n) is 4.73. The predicted octanol–water partition coefficient (Wildman–Crippen LogP) is 3.54. The van der Waals surface area contributed by atoms with Crippen molar-refractivity contribution in [1.82, 2.24) is 20.5 Å². The van der Waals surface area contributed by atoms with Crippen LogP contribution in [-0.4, -0.2) is 47.3 Å². The van der Waals surface area contributed by atoms with Crippen molar-refractivity contribution in [3.63, 3.8) is 0 Å². The van der Waals surface area contributed by atoms with Gasteiger partial charge in [-0.2, -0.15) is 4.98 Å². The number of halogens is 1. The Morgan fingerprint density at radius 3 is 2.41 bits per heavy atom. The standard InChI is InChI=1S/C22H24ClN5O4/c1-12(2)18(24-20(29)13-5-7-14(23)8-6-13)21(30)26-22-25-19(27-28-22)16-10-9-15(31-3)11-17(16)32-4/h5-12,18H,1-4H3,(H,24,29)(H2,25,26,27,28,30). The smallest absolute Gasteiger partial charge is 0.251 e. The lowest BCUT2D eigenvalue weighted by molar-refractivity contribution is -0.118. The third-order valence-corrected chi connectivity index (χ3v) is 4.98. The molecule has 2 amide bonds. The summed E-state index contributed by atoms with van der Waals surface area (Å²) >= 11 is 5.87. The SMILES string of the molecule is COc1ccc(-c2nc(NC(=O)C(NC(=O)c3ccc(Cl)cc3)C(C)C)n[nH]2)c(OC)c1. The van der Waals surface area contributed by atoms with Crippen molar-refractivity contribution in [3.8, 4) is 22.9 Å². The minimum atomic E-state index is -0.796. The lowest BCUT2D eigenvalue weighted by Crippen LogP contribution is -2.47. The van der Waals surface area contributed by atoms with Crippen LogP contribution in [-0.2, 0) is 4.79 Å². The van der Waals surface area contributed by atoms with Gasteiger partial charge in [0.15, 0.2) is 5.82 Å². The molecule has 1 atom stereocenters. The molecule has 168 valence electrons. The number of nitrogens with zero attached hydrogens (tertiary/aromatic N) is 2. The van der Waals surface area contributed by atoms with Gasteiger partial charge < -0.3 is 14.8 Å². The molecule has 0 aliphatic carbocycles. The molecule has 0 saturated heterocycles. The van der Waals surface area contributed by atoms with Gasteiger partial charge in [0.05, 0.1) is 19.8 Å². The predicted molar refractivity (Wildman–Crippen MR) is 121 cm³/mol. The largest absolute Gasteiger partial charge is 0.497 e. The van der Waals surface area contributed by atoms with Crippen molar-refractivity contribution < 1.29 is 19.1 Å². The molecule has 2 aromatic carbocycles. The van der Waals surface area contributed by atoms with Crippen LogP contribution in [0.4, 0.5) is 5.95 Å². The van der Waals surface area contributed by atoms with Gasteiger partial charge in [-0.1, -0.05) is 25.4 Å². The van der Waals surface area contributed by atoms with Crippen molar-refractivity contribution >= 4 is 29.4 Å². The summed E-state index contributed by atoms with van der Waals surface area (Å²) in [7, 11) is 3.10. The molecule has 1 heterocycles. The lowest BCUT2D eigenvalue weighted by atomic mass is 10.0. The molecule has 10 heteroatoms. The molecule has 0 bridgehead atoms. The van der Waals surface area contributed by atoms with Gasteiger partial charge in [-0.3, -0.25) is 20.0 Å². The molecule has 0 spiro atoms. The highest BCUT2D eigenvalue weighted by Crippen LogP contribution is 2.31. The minimum Gasteiger partial charge on any atom is -0.497 e. The molecule has 9 nitrogen and oxygen atoms in total. The van der Waals surface area contributed by atoms with E-state index in [9.17, 15) is 9.59 Å². The fraction of sp³-hybridized carbons (Fsp3) is 0.273. The number of aromatic amines is 1. The van der Waals surface area contributed by atoms with E-state index in [0.29, 0.717) is 33.5 Å². The fourth-order valence-electron chi connectivity index (χ4n) is 2.98. The lowest BCUT2D eigenvalue weighted by Gasteiger charge is -2.21. The van der Waals surface area contributed by atoms with E-state index in [1.54, 1.807) is 49.6 Å². The van der Waals surface area contributed by atoms with Crippen LogP contribution in [0.1, 0.15) is 24.2 Å². The topological polar surface area (TPSA) is 118 Å². The summed E-state index contributed by atoms with van der Waals surface area (Å²) < 4.78 is 10.6. The number of aromatic nitrogens is 3. The molecule has 0 aliphatic heterocycles. The number of hydrogen-bond acceptors (Lipinski definition) is 6. The number of carbonyl (C=O) groups is 2. The highest BCUT2D eigenvalue weighted by Gasteiger charge is 2.26. The maximum Gasteiger partial charge on any atom is 0.251 e. The second kappa shape index (κ2) is 10.1. The zero-order valence-corrected chi connectivity index (χ0v) is 18.9. The fourth-order valence-corrected chi connectivity index (χ4v) is 3.11. The Bertz CT molecular complexity index is 1100. The molecule has 3 N–H and O–H groups in total. The zero-order valence-electron chi connectivity index (χ0n) is 18.1. The molecule has 0 saturated carbocycles. The monoisotopic (exact) mass is 457 g/mol. The number of ether oxygens (including phenoxy) is 2. The zero-order chi connectivity index (χ0) is 23.3. The Labute approximate surface area is 190 Å². The van der Waals surface area contributed by atoms with Crippen LogP contribution >= 0.6 is 11.6 Å². The summed E-state index contributed by atoms with van der Waals surface area (Å²) in [5, 5.41) is 12.8. The molecule has 0 radical (unpaired) electrons. The number of anilines is 1. The number of nitrogens with one attached hydrogen (secondary N) is 3. The number of benzene rings is 2. The summed E-state index contributed by atoms with van der Waals surface area (Å²) in [5.74, 6) is 0.666. The van der Waals surface area contributed by atoms with Gasteiger partial charge in [-0.25, -0.2) is 0 Å². The van der Waals surface area contributed by atoms with Gasteiger partial charge in [-0.05, 0) is 42.3 Å². The maximum absolute atomic E-state index is 12.8. The van der Waals surface area contributed by atoms with Gasteiger partial charge in [0.1, 0.15) is 17.5 Å². The highest BCUT2D eigenvalue weighted by molar-refractivity contribution is 6.30. The second-order valence-electron chi connectivity index (χ2n) is 7.27. The number of carbonyl (C=O) groups excluding carboxylic acids is 2. The number of rotatable bonds is 8. The van der Waals surface area contributed by atoms with Crippen molar-refractivity contribution in [2.24, 2.45) is 5.92 Å². The number of hydrogen-bond donors (Lipinski definition) is 3. The van der Waals surface area contributed by atoms with Crippen LogP contribution in [0, 0.1) is 5.92 Å². The van der Waals surface area contributed by atoms with Crippen molar-refractivity contribution in [1.29, 1.82) is 0 Å². The first kappa shape index (κ1) is 23.1. The maximum atomic E-state index is 12.8. The van der Waals surface area contributed by atoms with E-state index in [2.05, 4.69) is 25.8 Å². The van der Waals surface area contributed by atoms with E-state index < -0.39 is 11.9 Å². The van der Waals surface area contributed by atoms with Crippen molar-refractivity contribution in [2.45, 2.75) is 19.9 Å². The Morgan fingerprint density at radius 1 is 1.06 bits per heavy atom. The normalized spacial score (nSPS) is 11.7. The van der Waals surface area contributed by atoms with Crippen LogP contribution in [0.3, 0.4) is 0 Å². The van der Waals surface area contributed by atoms with Gasteiger partial charge >= 0.3 is 0 Å². The Balaban J connectivity index is 1.73. The average molecular weight is 458 g/mol. The summed E-state index contributed by atoms with van der Waals surface area (Å²) in [6.07, 6.45) is 0. The van der Waals surface area contributed by atoms with E-state index >= 15 is 0 Å². The first-order chi connectivity index (χ1) is 15.3. The van der Waals surface area contributed by atoms with Crippen LogP contribution in [0.5, 0.6) is 11.5 Å². The molecule has 1 unspecified atom stereocenters.